The molecule has 0 heterocycles. The van der Waals surface area contributed by atoms with Gasteiger partial charge in [0.15, 0.2) is 0 Å². The maximum Gasteiger partial charge on any atom is 0.261 e. The Morgan fingerprint density at radius 3 is 1.84 bits per heavy atom. The molecule has 0 aromatic heterocycles. The van der Waals surface area contributed by atoms with Gasteiger partial charge in [-0.2, -0.15) is 0 Å². The van der Waals surface area contributed by atoms with Crippen LogP contribution in [0.15, 0.2) is 103 Å². The third-order valence-electron chi connectivity index (χ3n) is 7.83. The van der Waals surface area contributed by atoms with Gasteiger partial charge in [0, 0.05) is 0 Å². The SMILES string of the molecule is CC(C)(C)[Si](OC/C=C/C[C@@H](OCc1ccccc1)C1CCCCC1)(c1ccccc1)c1ccccc1. The van der Waals surface area contributed by atoms with Crippen molar-refractivity contribution in [3.05, 3.63) is 109 Å². The highest BCUT2D eigenvalue weighted by molar-refractivity contribution is 6.99. The molecular formula is C34H44O2Si. The van der Waals surface area contributed by atoms with E-state index >= 15 is 0 Å². The summed E-state index contributed by atoms with van der Waals surface area (Å²) in [6.07, 6.45) is 12.4. The lowest BCUT2D eigenvalue weighted by Gasteiger charge is -2.42. The van der Waals surface area contributed by atoms with Gasteiger partial charge in [0.25, 0.3) is 8.32 Å². The molecule has 1 atom stereocenters. The van der Waals surface area contributed by atoms with Crippen molar-refractivity contribution < 1.29 is 9.16 Å². The molecule has 1 saturated carbocycles. The Labute approximate surface area is 225 Å². The van der Waals surface area contributed by atoms with E-state index in [4.69, 9.17) is 9.16 Å². The molecule has 196 valence electrons. The van der Waals surface area contributed by atoms with Crippen LogP contribution in [0.4, 0.5) is 0 Å². The number of rotatable bonds is 11. The van der Waals surface area contributed by atoms with E-state index in [-0.39, 0.29) is 11.1 Å². The second-order valence-electron chi connectivity index (χ2n) is 11.4. The van der Waals surface area contributed by atoms with Gasteiger partial charge in [-0.15, -0.1) is 0 Å². The predicted octanol–water partition coefficient (Wildman–Crippen LogP) is 7.68. The van der Waals surface area contributed by atoms with E-state index in [1.54, 1.807) is 0 Å². The van der Waals surface area contributed by atoms with Crippen LogP contribution < -0.4 is 10.4 Å². The minimum absolute atomic E-state index is 0.00697. The van der Waals surface area contributed by atoms with Crippen LogP contribution in [0.2, 0.25) is 5.04 Å². The lowest BCUT2D eigenvalue weighted by atomic mass is 9.84. The summed E-state index contributed by atoms with van der Waals surface area (Å²) < 4.78 is 13.6. The Balaban J connectivity index is 1.48. The van der Waals surface area contributed by atoms with E-state index < -0.39 is 8.32 Å². The fraction of sp³-hybridized carbons (Fsp3) is 0.412. The van der Waals surface area contributed by atoms with Crippen LogP contribution in [0.5, 0.6) is 0 Å². The van der Waals surface area contributed by atoms with E-state index in [1.807, 2.05) is 0 Å². The van der Waals surface area contributed by atoms with Crippen molar-refractivity contribution in [3.63, 3.8) is 0 Å². The summed E-state index contributed by atoms with van der Waals surface area (Å²) >= 11 is 0. The highest BCUT2D eigenvalue weighted by Gasteiger charge is 2.49. The molecule has 1 fully saturated rings. The van der Waals surface area contributed by atoms with Crippen molar-refractivity contribution in [1.82, 2.24) is 0 Å². The van der Waals surface area contributed by atoms with Gasteiger partial charge in [-0.1, -0.05) is 143 Å². The van der Waals surface area contributed by atoms with Crippen molar-refractivity contribution in [2.75, 3.05) is 6.61 Å². The van der Waals surface area contributed by atoms with Crippen molar-refractivity contribution in [2.24, 2.45) is 5.92 Å². The van der Waals surface area contributed by atoms with Gasteiger partial charge in [0.05, 0.1) is 19.3 Å². The molecule has 1 aliphatic rings. The molecule has 2 nitrogen and oxygen atoms in total. The van der Waals surface area contributed by atoms with Crippen LogP contribution in [-0.4, -0.2) is 21.0 Å². The fourth-order valence-corrected chi connectivity index (χ4v) is 10.4. The van der Waals surface area contributed by atoms with Crippen LogP contribution in [0.25, 0.3) is 0 Å². The summed E-state index contributed by atoms with van der Waals surface area (Å²) in [6.45, 7) is 8.30. The highest BCUT2D eigenvalue weighted by atomic mass is 28.4. The topological polar surface area (TPSA) is 18.5 Å². The average molecular weight is 513 g/mol. The number of hydrogen-bond acceptors (Lipinski definition) is 2. The summed E-state index contributed by atoms with van der Waals surface area (Å²) in [7, 11) is -2.50. The molecular weight excluding hydrogens is 468 g/mol. The molecule has 3 aromatic carbocycles. The second kappa shape index (κ2) is 13.4. The lowest BCUT2D eigenvalue weighted by Crippen LogP contribution is -2.66. The van der Waals surface area contributed by atoms with Gasteiger partial charge in [0.2, 0.25) is 0 Å². The Hall–Kier alpha value is -2.46. The first-order valence-electron chi connectivity index (χ1n) is 14.1. The van der Waals surface area contributed by atoms with Gasteiger partial charge in [-0.25, -0.2) is 0 Å². The molecule has 0 N–H and O–H groups in total. The van der Waals surface area contributed by atoms with E-state index in [2.05, 4.69) is 124 Å². The summed E-state index contributed by atoms with van der Waals surface area (Å²) in [6, 6.07) is 32.3. The van der Waals surface area contributed by atoms with Gasteiger partial charge >= 0.3 is 0 Å². The van der Waals surface area contributed by atoms with Crippen molar-refractivity contribution in [1.29, 1.82) is 0 Å². The molecule has 0 amide bonds. The quantitative estimate of drug-likeness (QED) is 0.194. The molecule has 0 saturated heterocycles. The normalized spacial score (nSPS) is 16.2. The fourth-order valence-electron chi connectivity index (χ4n) is 5.91. The third-order valence-corrected chi connectivity index (χ3v) is 12.8. The second-order valence-corrected chi connectivity index (χ2v) is 15.7. The zero-order chi connectivity index (χ0) is 26.0. The van der Waals surface area contributed by atoms with Crippen molar-refractivity contribution >= 4 is 18.7 Å². The molecule has 0 bridgehead atoms. The van der Waals surface area contributed by atoms with Crippen molar-refractivity contribution in [2.45, 2.75) is 77.0 Å². The first kappa shape index (κ1) is 27.6. The van der Waals surface area contributed by atoms with Crippen LogP contribution in [-0.2, 0) is 15.8 Å². The molecule has 0 aliphatic heterocycles. The predicted molar refractivity (Wildman–Crippen MR) is 159 cm³/mol. The molecule has 1 aliphatic carbocycles. The van der Waals surface area contributed by atoms with E-state index in [0.717, 1.165) is 6.42 Å². The maximum absolute atomic E-state index is 7.03. The minimum atomic E-state index is -2.50. The summed E-state index contributed by atoms with van der Waals surface area (Å²) in [5.74, 6) is 0.653. The number of hydrogen-bond donors (Lipinski definition) is 0. The number of ether oxygens (including phenoxy) is 1. The molecule has 4 rings (SSSR count). The largest absolute Gasteiger partial charge is 0.404 e. The van der Waals surface area contributed by atoms with Crippen LogP contribution >= 0.6 is 0 Å². The van der Waals surface area contributed by atoms with Crippen LogP contribution in [0, 0.1) is 5.92 Å². The molecule has 0 spiro atoms. The smallest absolute Gasteiger partial charge is 0.261 e. The Morgan fingerprint density at radius 2 is 1.30 bits per heavy atom. The molecule has 37 heavy (non-hydrogen) atoms. The lowest BCUT2D eigenvalue weighted by molar-refractivity contribution is -0.00820. The van der Waals surface area contributed by atoms with Gasteiger partial charge < -0.3 is 9.16 Å². The standard InChI is InChI=1S/C34H44O2Si/c1-34(2,3)37(31-22-12-6-13-23-31,32-24-14-7-15-25-32)36-27-17-16-26-33(30-20-10-5-11-21-30)35-28-29-18-8-4-9-19-29/h4,6-9,12-19,22-25,30,33H,5,10-11,20-21,26-28H2,1-3H3/b17-16+/t33-/m1/s1. The Morgan fingerprint density at radius 1 is 0.757 bits per heavy atom. The Bertz CT molecular complexity index is 1030. The Kier molecular flexibility index (Phi) is 9.96. The van der Waals surface area contributed by atoms with Crippen LogP contribution in [0.1, 0.15) is 64.9 Å². The summed E-state index contributed by atoms with van der Waals surface area (Å²) in [5, 5.41) is 2.65. The number of benzene rings is 3. The molecule has 3 aromatic rings. The summed E-state index contributed by atoms with van der Waals surface area (Å²) in [5.41, 5.74) is 1.25. The molecule has 0 radical (unpaired) electrons. The summed E-state index contributed by atoms with van der Waals surface area (Å²) in [4.78, 5) is 0. The average Bonchev–Trinajstić information content (AvgIpc) is 2.94. The van der Waals surface area contributed by atoms with Gasteiger partial charge in [-0.05, 0) is 46.2 Å². The zero-order valence-corrected chi connectivity index (χ0v) is 23.9. The first-order chi connectivity index (χ1) is 18.0. The van der Waals surface area contributed by atoms with Crippen LogP contribution in [0.3, 0.4) is 0 Å². The maximum atomic E-state index is 7.03. The van der Waals surface area contributed by atoms with E-state index in [0.29, 0.717) is 19.1 Å². The first-order valence-corrected chi connectivity index (χ1v) is 16.0. The zero-order valence-electron chi connectivity index (χ0n) is 22.9. The van der Waals surface area contributed by atoms with Gasteiger partial charge in [-0.3, -0.25) is 0 Å². The third kappa shape index (κ3) is 7.10. The van der Waals surface area contributed by atoms with E-state index in [9.17, 15) is 0 Å². The monoisotopic (exact) mass is 512 g/mol. The molecule has 3 heteroatoms. The van der Waals surface area contributed by atoms with E-state index in [1.165, 1.54) is 48.0 Å². The molecule has 0 unspecified atom stereocenters. The minimum Gasteiger partial charge on any atom is -0.404 e. The van der Waals surface area contributed by atoms with Crippen molar-refractivity contribution in [3.8, 4) is 0 Å². The highest BCUT2D eigenvalue weighted by Crippen LogP contribution is 2.37. The van der Waals surface area contributed by atoms with Gasteiger partial charge in [0.1, 0.15) is 0 Å².